The van der Waals surface area contributed by atoms with Crippen LogP contribution in [0.3, 0.4) is 0 Å². The highest BCUT2D eigenvalue weighted by Crippen LogP contribution is 2.38. The Bertz CT molecular complexity index is 1640. The number of anilines is 1. The number of fused-ring (bicyclic) bond motifs is 1. The van der Waals surface area contributed by atoms with Gasteiger partial charge in [0.15, 0.2) is 12.4 Å². The minimum atomic E-state index is -0.695. The Labute approximate surface area is 222 Å². The number of hydrogen-bond acceptors (Lipinski definition) is 8. The number of hydrogen-bond donors (Lipinski definition) is 1. The van der Waals surface area contributed by atoms with Gasteiger partial charge in [-0.05, 0) is 55.5 Å². The zero-order chi connectivity index (χ0) is 27.4. The van der Waals surface area contributed by atoms with E-state index in [-0.39, 0.29) is 17.1 Å². The number of ether oxygens (including phenoxy) is 2. The van der Waals surface area contributed by atoms with Gasteiger partial charge in [0.05, 0.1) is 29.2 Å². The Morgan fingerprint density at radius 3 is 2.66 bits per heavy atom. The molecule has 0 bridgehead atoms. The van der Waals surface area contributed by atoms with Gasteiger partial charge in [-0.3, -0.25) is 19.7 Å². The van der Waals surface area contributed by atoms with Crippen molar-refractivity contribution in [2.24, 2.45) is 5.10 Å². The molecular formula is C25H19BrFN5O6. The number of nitro groups is 1. The maximum Gasteiger partial charge on any atom is 0.315 e. The number of benzene rings is 3. The predicted octanol–water partition coefficient (Wildman–Crippen LogP) is 4.42. The first kappa shape index (κ1) is 26.4. The third-order valence-corrected chi connectivity index (χ3v) is 5.74. The van der Waals surface area contributed by atoms with Crippen molar-refractivity contribution in [3.05, 3.63) is 96.7 Å². The molecule has 0 aliphatic heterocycles. The lowest BCUT2D eigenvalue weighted by Crippen LogP contribution is -2.21. The standard InChI is InChI=1S/C25H19BrFN5O6/c1-14-29-20-8-3-16(26)11-19(20)25(34)31(14)28-12-15-9-21(32(35)36)24(22(10-15)37-2)38-13-23(33)30-18-6-4-17(27)5-7-18/h3-12H,13H2,1-2H3,(H,30,33). The van der Waals surface area contributed by atoms with Gasteiger partial charge in [0, 0.05) is 21.8 Å². The number of amides is 1. The number of halogens is 2. The third kappa shape index (κ3) is 5.83. The van der Waals surface area contributed by atoms with Crippen LogP contribution in [0.2, 0.25) is 0 Å². The molecule has 0 fully saturated rings. The van der Waals surface area contributed by atoms with Crippen LogP contribution in [-0.4, -0.2) is 40.4 Å². The molecule has 1 aromatic heterocycles. The molecule has 0 saturated heterocycles. The van der Waals surface area contributed by atoms with Crippen molar-refractivity contribution in [1.82, 2.24) is 9.66 Å². The van der Waals surface area contributed by atoms with E-state index in [9.17, 15) is 24.1 Å². The second kappa shape index (κ2) is 11.2. The van der Waals surface area contributed by atoms with E-state index in [1.54, 1.807) is 25.1 Å². The molecule has 0 saturated carbocycles. The number of rotatable bonds is 8. The number of aryl methyl sites for hydroxylation is 1. The number of nitro benzene ring substituents is 1. The summed E-state index contributed by atoms with van der Waals surface area (Å²) in [6.45, 7) is 1.03. The van der Waals surface area contributed by atoms with Gasteiger partial charge >= 0.3 is 5.69 Å². The number of methoxy groups -OCH3 is 1. The Morgan fingerprint density at radius 1 is 1.24 bits per heavy atom. The van der Waals surface area contributed by atoms with Crippen LogP contribution in [0.25, 0.3) is 10.9 Å². The van der Waals surface area contributed by atoms with E-state index in [4.69, 9.17) is 9.47 Å². The van der Waals surface area contributed by atoms with Gasteiger partial charge in [-0.1, -0.05) is 15.9 Å². The molecule has 4 aromatic rings. The summed E-state index contributed by atoms with van der Waals surface area (Å²) < 4.78 is 25.5. The van der Waals surface area contributed by atoms with E-state index in [1.807, 2.05) is 0 Å². The number of nitrogens with zero attached hydrogens (tertiary/aromatic N) is 4. The molecule has 4 rings (SSSR count). The SMILES string of the molecule is COc1cc(C=Nn2c(C)nc3ccc(Br)cc3c2=O)cc([N+](=O)[O-])c1OCC(=O)Nc1ccc(F)cc1. The maximum absolute atomic E-state index is 13.1. The predicted molar refractivity (Wildman–Crippen MR) is 142 cm³/mol. The molecule has 194 valence electrons. The van der Waals surface area contributed by atoms with Crippen LogP contribution in [0.1, 0.15) is 11.4 Å². The van der Waals surface area contributed by atoms with Gasteiger partial charge < -0.3 is 14.8 Å². The van der Waals surface area contributed by atoms with Gasteiger partial charge in [-0.2, -0.15) is 9.78 Å². The molecule has 0 aliphatic rings. The topological polar surface area (TPSA) is 138 Å². The zero-order valence-electron chi connectivity index (χ0n) is 20.0. The van der Waals surface area contributed by atoms with E-state index in [2.05, 4.69) is 31.3 Å². The van der Waals surface area contributed by atoms with Crippen LogP contribution in [0.5, 0.6) is 11.5 Å². The Kier molecular flexibility index (Phi) is 7.76. The molecule has 13 heteroatoms. The van der Waals surface area contributed by atoms with Crippen molar-refractivity contribution in [3.8, 4) is 11.5 Å². The largest absolute Gasteiger partial charge is 0.493 e. The van der Waals surface area contributed by atoms with Gasteiger partial charge in [0.25, 0.3) is 11.5 Å². The molecule has 0 atom stereocenters. The van der Waals surface area contributed by atoms with Crippen LogP contribution in [0.15, 0.2) is 69.0 Å². The fraction of sp³-hybridized carbons (Fsp3) is 0.120. The molecular weight excluding hydrogens is 565 g/mol. The smallest absolute Gasteiger partial charge is 0.315 e. The maximum atomic E-state index is 13.1. The highest BCUT2D eigenvalue weighted by atomic mass is 79.9. The first-order chi connectivity index (χ1) is 18.2. The Balaban J connectivity index is 1.61. The van der Waals surface area contributed by atoms with Crippen LogP contribution in [0.4, 0.5) is 15.8 Å². The Hall–Kier alpha value is -4.65. The van der Waals surface area contributed by atoms with Crippen molar-refractivity contribution in [2.75, 3.05) is 19.0 Å². The summed E-state index contributed by atoms with van der Waals surface area (Å²) in [4.78, 5) is 40.7. The summed E-state index contributed by atoms with van der Waals surface area (Å²) >= 11 is 3.33. The first-order valence-electron chi connectivity index (χ1n) is 10.9. The fourth-order valence-corrected chi connectivity index (χ4v) is 3.86. The van der Waals surface area contributed by atoms with Crippen molar-refractivity contribution in [2.45, 2.75) is 6.92 Å². The average molecular weight is 584 g/mol. The summed E-state index contributed by atoms with van der Waals surface area (Å²) in [5, 5.41) is 18.8. The second-order valence-corrected chi connectivity index (χ2v) is 8.77. The van der Waals surface area contributed by atoms with Crippen molar-refractivity contribution in [1.29, 1.82) is 0 Å². The summed E-state index contributed by atoms with van der Waals surface area (Å²) in [5.41, 5.74) is 0.166. The number of nitrogens with one attached hydrogen (secondary N) is 1. The minimum Gasteiger partial charge on any atom is -0.493 e. The van der Waals surface area contributed by atoms with Crippen molar-refractivity contribution in [3.63, 3.8) is 0 Å². The highest BCUT2D eigenvalue weighted by Gasteiger charge is 2.23. The summed E-state index contributed by atoms with van der Waals surface area (Å²) in [6.07, 6.45) is 1.25. The second-order valence-electron chi connectivity index (χ2n) is 7.85. The van der Waals surface area contributed by atoms with Crippen molar-refractivity contribution >= 4 is 50.3 Å². The van der Waals surface area contributed by atoms with Gasteiger partial charge in [0.1, 0.15) is 11.6 Å². The number of aromatic nitrogens is 2. The number of carbonyl (C=O) groups is 1. The van der Waals surface area contributed by atoms with Crippen molar-refractivity contribution < 1.29 is 23.6 Å². The van der Waals surface area contributed by atoms with Crippen LogP contribution >= 0.6 is 15.9 Å². The molecule has 11 nitrogen and oxygen atoms in total. The monoisotopic (exact) mass is 583 g/mol. The molecule has 0 radical (unpaired) electrons. The molecule has 1 heterocycles. The van der Waals surface area contributed by atoms with E-state index in [1.165, 1.54) is 49.7 Å². The average Bonchev–Trinajstić information content (AvgIpc) is 2.89. The molecule has 1 amide bonds. The van der Waals surface area contributed by atoms with Crippen LogP contribution < -0.4 is 20.3 Å². The molecule has 1 N–H and O–H groups in total. The first-order valence-corrected chi connectivity index (χ1v) is 11.7. The van der Waals surface area contributed by atoms with E-state index >= 15 is 0 Å². The molecule has 38 heavy (non-hydrogen) atoms. The zero-order valence-corrected chi connectivity index (χ0v) is 21.6. The number of carbonyl (C=O) groups excluding carboxylic acids is 1. The highest BCUT2D eigenvalue weighted by molar-refractivity contribution is 9.10. The molecule has 3 aromatic carbocycles. The van der Waals surface area contributed by atoms with E-state index in [0.29, 0.717) is 26.9 Å². The van der Waals surface area contributed by atoms with E-state index in [0.717, 1.165) is 4.68 Å². The lowest BCUT2D eigenvalue weighted by atomic mass is 10.2. The van der Waals surface area contributed by atoms with Gasteiger partial charge in [-0.15, -0.1) is 0 Å². The summed E-state index contributed by atoms with van der Waals surface area (Å²) in [5.74, 6) is -1.07. The van der Waals surface area contributed by atoms with Gasteiger partial charge in [-0.25, -0.2) is 9.37 Å². The lowest BCUT2D eigenvalue weighted by Gasteiger charge is -2.12. The molecule has 0 aliphatic carbocycles. The lowest BCUT2D eigenvalue weighted by molar-refractivity contribution is -0.385. The fourth-order valence-electron chi connectivity index (χ4n) is 3.50. The van der Waals surface area contributed by atoms with Crippen LogP contribution in [-0.2, 0) is 4.79 Å². The molecule has 0 unspecified atom stereocenters. The summed E-state index contributed by atoms with van der Waals surface area (Å²) in [7, 11) is 1.28. The Morgan fingerprint density at radius 2 is 1.97 bits per heavy atom. The third-order valence-electron chi connectivity index (χ3n) is 5.24. The van der Waals surface area contributed by atoms with Crippen LogP contribution in [0, 0.1) is 22.9 Å². The van der Waals surface area contributed by atoms with E-state index < -0.39 is 34.5 Å². The normalized spacial score (nSPS) is 11.1. The molecule has 0 spiro atoms. The summed E-state index contributed by atoms with van der Waals surface area (Å²) in [6, 6.07) is 12.8. The minimum absolute atomic E-state index is 0.0279. The van der Waals surface area contributed by atoms with Gasteiger partial charge in [0.2, 0.25) is 5.75 Å². The quantitative estimate of drug-likeness (QED) is 0.184.